The lowest BCUT2D eigenvalue weighted by atomic mass is 9.85. The molecule has 0 atom stereocenters. The Kier molecular flexibility index (Phi) is 2.58. The molecule has 2 heteroatoms. The van der Waals surface area contributed by atoms with Crippen LogP contribution in [0.2, 0.25) is 0 Å². The fourth-order valence-corrected chi connectivity index (χ4v) is 2.96. The monoisotopic (exact) mass is 268 g/mol. The molecule has 98 valence electrons. The van der Waals surface area contributed by atoms with Gasteiger partial charge in [0.15, 0.2) is 0 Å². The van der Waals surface area contributed by atoms with Crippen LogP contribution in [0.4, 0.5) is 5.69 Å². The summed E-state index contributed by atoms with van der Waals surface area (Å²) in [5, 5.41) is 9.43. The molecule has 0 aromatic heterocycles. The molecule has 1 aliphatic carbocycles. The number of para-hydroxylation sites is 1. The van der Waals surface area contributed by atoms with E-state index in [2.05, 4.69) is 24.3 Å². The van der Waals surface area contributed by atoms with Gasteiger partial charge in [-0.3, -0.25) is 0 Å². The number of hydrogen-bond acceptors (Lipinski definition) is 2. The summed E-state index contributed by atoms with van der Waals surface area (Å²) in [5.41, 5.74) is 7.06. The lowest BCUT2D eigenvalue weighted by Gasteiger charge is -2.16. The van der Waals surface area contributed by atoms with Crippen molar-refractivity contribution in [2.75, 3.05) is 0 Å². The lowest BCUT2D eigenvalue weighted by Crippen LogP contribution is -2.08. The van der Waals surface area contributed by atoms with Gasteiger partial charge in [-0.2, -0.15) is 5.26 Å². The van der Waals surface area contributed by atoms with Gasteiger partial charge in [0.2, 0.25) is 0 Å². The fourth-order valence-electron chi connectivity index (χ4n) is 2.96. The van der Waals surface area contributed by atoms with Crippen molar-refractivity contribution in [1.29, 1.82) is 5.26 Å². The normalized spacial score (nSPS) is 15.8. The van der Waals surface area contributed by atoms with E-state index in [1.54, 1.807) is 0 Å². The highest BCUT2D eigenvalue weighted by Crippen LogP contribution is 2.43. The smallest absolute Gasteiger partial charge is 0.0957 e. The summed E-state index contributed by atoms with van der Waals surface area (Å²) in [6.45, 7) is 0. The number of fused-ring (bicyclic) bond motifs is 3. The average molecular weight is 268 g/mol. The van der Waals surface area contributed by atoms with Crippen LogP contribution in [-0.4, -0.2) is 5.71 Å². The molecule has 21 heavy (non-hydrogen) atoms. The Labute approximate surface area is 123 Å². The Morgan fingerprint density at radius 2 is 1.71 bits per heavy atom. The summed E-state index contributed by atoms with van der Waals surface area (Å²) < 4.78 is 0. The lowest BCUT2D eigenvalue weighted by molar-refractivity contribution is 1.28. The third-order valence-corrected chi connectivity index (χ3v) is 3.93. The third kappa shape index (κ3) is 1.75. The molecule has 0 amide bonds. The Morgan fingerprint density at radius 1 is 0.952 bits per heavy atom. The molecular weight excluding hydrogens is 256 g/mol. The number of allylic oxidation sites excluding steroid dienone is 4. The van der Waals surface area contributed by atoms with Gasteiger partial charge in [0.1, 0.15) is 0 Å². The van der Waals surface area contributed by atoms with Crippen molar-refractivity contribution >= 4 is 22.5 Å². The highest BCUT2D eigenvalue weighted by atomic mass is 14.8. The molecule has 2 nitrogen and oxygen atoms in total. The first-order valence-electron chi connectivity index (χ1n) is 6.96. The van der Waals surface area contributed by atoms with Gasteiger partial charge < -0.3 is 0 Å². The highest BCUT2D eigenvalue weighted by molar-refractivity contribution is 6.49. The van der Waals surface area contributed by atoms with Crippen molar-refractivity contribution < 1.29 is 0 Å². The summed E-state index contributed by atoms with van der Waals surface area (Å²) >= 11 is 0. The Hall–Kier alpha value is -2.92. The predicted octanol–water partition coefficient (Wildman–Crippen LogP) is 4.54. The van der Waals surface area contributed by atoms with E-state index in [9.17, 15) is 5.26 Å². The van der Waals surface area contributed by atoms with Crippen LogP contribution >= 0.6 is 0 Å². The molecule has 0 spiro atoms. The van der Waals surface area contributed by atoms with E-state index in [4.69, 9.17) is 4.99 Å². The molecule has 4 rings (SSSR count). The zero-order valence-electron chi connectivity index (χ0n) is 11.4. The summed E-state index contributed by atoms with van der Waals surface area (Å²) in [6.07, 6.45) is 2.78. The van der Waals surface area contributed by atoms with Gasteiger partial charge in [0.25, 0.3) is 0 Å². The summed E-state index contributed by atoms with van der Waals surface area (Å²) in [7, 11) is 0. The minimum Gasteiger partial charge on any atom is -0.247 e. The van der Waals surface area contributed by atoms with Crippen molar-refractivity contribution in [2.45, 2.75) is 6.42 Å². The molecule has 1 aliphatic heterocycles. The first-order chi connectivity index (χ1) is 10.4. The topological polar surface area (TPSA) is 36.1 Å². The Balaban J connectivity index is 1.93. The van der Waals surface area contributed by atoms with Crippen molar-refractivity contribution in [2.24, 2.45) is 4.99 Å². The largest absolute Gasteiger partial charge is 0.247 e. The summed E-state index contributed by atoms with van der Waals surface area (Å²) in [4.78, 5) is 4.77. The van der Waals surface area contributed by atoms with Crippen LogP contribution in [0.3, 0.4) is 0 Å². The maximum Gasteiger partial charge on any atom is 0.0957 e. The third-order valence-electron chi connectivity index (χ3n) is 3.93. The van der Waals surface area contributed by atoms with Gasteiger partial charge in [-0.1, -0.05) is 54.6 Å². The number of hydrogen-bond donors (Lipinski definition) is 0. The van der Waals surface area contributed by atoms with E-state index in [0.717, 1.165) is 39.2 Å². The van der Waals surface area contributed by atoms with E-state index in [1.807, 2.05) is 42.5 Å². The zero-order valence-corrected chi connectivity index (χ0v) is 11.4. The SMILES string of the molecule is N#CC1=C2C(=Nc3ccccc32)C(c2ccccc2)=CC1. The number of aliphatic imine (C=N–C) groups is 1. The van der Waals surface area contributed by atoms with Crippen LogP contribution < -0.4 is 0 Å². The molecule has 0 unspecified atom stereocenters. The molecule has 0 bridgehead atoms. The fraction of sp³-hybridized carbons (Fsp3) is 0.0526. The summed E-state index contributed by atoms with van der Waals surface area (Å²) in [5.74, 6) is 0. The summed E-state index contributed by atoms with van der Waals surface area (Å²) in [6, 6.07) is 20.6. The minimum absolute atomic E-state index is 0.670. The van der Waals surface area contributed by atoms with Crippen LogP contribution in [0.25, 0.3) is 11.1 Å². The number of rotatable bonds is 1. The molecule has 0 saturated carbocycles. The number of nitriles is 1. The van der Waals surface area contributed by atoms with Crippen LogP contribution in [0.1, 0.15) is 17.5 Å². The maximum absolute atomic E-state index is 9.43. The van der Waals surface area contributed by atoms with Gasteiger partial charge >= 0.3 is 0 Å². The van der Waals surface area contributed by atoms with Crippen molar-refractivity contribution in [3.05, 3.63) is 77.4 Å². The van der Waals surface area contributed by atoms with Crippen molar-refractivity contribution in [1.82, 2.24) is 0 Å². The molecule has 2 aliphatic rings. The van der Waals surface area contributed by atoms with Crippen LogP contribution in [0.15, 0.2) is 71.2 Å². The molecule has 1 heterocycles. The quantitative estimate of drug-likeness (QED) is 0.748. The van der Waals surface area contributed by atoms with Crippen LogP contribution in [-0.2, 0) is 0 Å². The van der Waals surface area contributed by atoms with E-state index in [1.165, 1.54) is 0 Å². The van der Waals surface area contributed by atoms with E-state index in [0.29, 0.717) is 6.42 Å². The Morgan fingerprint density at radius 3 is 2.52 bits per heavy atom. The Bertz CT molecular complexity index is 862. The average Bonchev–Trinajstić information content (AvgIpc) is 2.94. The molecule has 2 aromatic carbocycles. The first kappa shape index (κ1) is 11.9. The predicted molar refractivity (Wildman–Crippen MR) is 85.1 cm³/mol. The van der Waals surface area contributed by atoms with E-state index >= 15 is 0 Å². The van der Waals surface area contributed by atoms with Crippen LogP contribution in [0.5, 0.6) is 0 Å². The van der Waals surface area contributed by atoms with Gasteiger partial charge in [-0.15, -0.1) is 0 Å². The van der Waals surface area contributed by atoms with Gasteiger partial charge in [-0.25, -0.2) is 4.99 Å². The first-order valence-corrected chi connectivity index (χ1v) is 6.96. The number of benzene rings is 2. The molecule has 0 radical (unpaired) electrons. The van der Waals surface area contributed by atoms with E-state index < -0.39 is 0 Å². The number of nitrogens with zero attached hydrogens (tertiary/aromatic N) is 2. The maximum atomic E-state index is 9.43. The zero-order chi connectivity index (χ0) is 14.2. The van der Waals surface area contributed by atoms with E-state index in [-0.39, 0.29) is 0 Å². The second-order valence-electron chi connectivity index (χ2n) is 5.13. The molecular formula is C19H12N2. The molecule has 2 aromatic rings. The molecule has 0 fully saturated rings. The minimum atomic E-state index is 0.670. The van der Waals surface area contributed by atoms with Gasteiger partial charge in [0, 0.05) is 28.7 Å². The van der Waals surface area contributed by atoms with Crippen LogP contribution in [0, 0.1) is 11.3 Å². The second-order valence-corrected chi connectivity index (χ2v) is 5.13. The highest BCUT2D eigenvalue weighted by Gasteiger charge is 2.29. The molecule has 0 saturated heterocycles. The van der Waals surface area contributed by atoms with Crippen molar-refractivity contribution in [3.63, 3.8) is 0 Å². The second kappa shape index (κ2) is 4.57. The molecule has 0 N–H and O–H groups in total. The standard InChI is InChI=1S/C19H12N2/c20-12-14-10-11-15(13-6-2-1-3-7-13)19-18(14)16-8-4-5-9-17(16)21-19/h1-9,11H,10H2. The van der Waals surface area contributed by atoms with Gasteiger partial charge in [0.05, 0.1) is 17.5 Å². The van der Waals surface area contributed by atoms with Gasteiger partial charge in [-0.05, 0) is 11.6 Å². The van der Waals surface area contributed by atoms with Crippen molar-refractivity contribution in [3.8, 4) is 6.07 Å².